The zero-order valence-electron chi connectivity index (χ0n) is 12.1. The van der Waals surface area contributed by atoms with E-state index in [1.54, 1.807) is 26.0 Å². The van der Waals surface area contributed by atoms with Gasteiger partial charge in [0.05, 0.1) is 17.5 Å². The summed E-state index contributed by atoms with van der Waals surface area (Å²) in [4.78, 5) is 15.7. The minimum atomic E-state index is -0.366. The van der Waals surface area contributed by atoms with Crippen LogP contribution in [0.4, 0.5) is 4.39 Å². The molecule has 0 radical (unpaired) electrons. The Kier molecular flexibility index (Phi) is 5.17. The number of rotatable bonds is 6. The molecule has 1 atom stereocenters. The van der Waals surface area contributed by atoms with Gasteiger partial charge in [-0.3, -0.25) is 4.79 Å². The molecule has 114 valence electrons. The summed E-state index contributed by atoms with van der Waals surface area (Å²) in [6.45, 7) is 4.49. The summed E-state index contributed by atoms with van der Waals surface area (Å²) < 4.78 is 20.6. The fourth-order valence-electron chi connectivity index (χ4n) is 2.28. The number of aromatic nitrogens is 2. The molecule has 0 amide bonds. The maximum Gasteiger partial charge on any atom is 0.305 e. The second-order valence-corrected chi connectivity index (χ2v) is 5.41. The van der Waals surface area contributed by atoms with Gasteiger partial charge in [0.25, 0.3) is 0 Å². The number of para-hydroxylation sites is 1. The number of alkyl halides is 1. The number of carbonyl (C=O) groups excluding carboxylic acids is 1. The predicted octanol–water partition coefficient (Wildman–Crippen LogP) is 3.82. The van der Waals surface area contributed by atoms with E-state index in [-0.39, 0.29) is 17.2 Å². The first-order valence-electron chi connectivity index (χ1n) is 6.99. The van der Waals surface area contributed by atoms with Gasteiger partial charge in [-0.2, -0.15) is 0 Å². The Morgan fingerprint density at radius 1 is 1.52 bits per heavy atom. The number of fused-ring (bicyclic) bond motifs is 1. The summed E-state index contributed by atoms with van der Waals surface area (Å²) in [6.07, 6.45) is 0.913. The summed E-state index contributed by atoms with van der Waals surface area (Å²) in [7, 11) is 0. The van der Waals surface area contributed by atoms with Gasteiger partial charge in [-0.1, -0.05) is 6.07 Å². The van der Waals surface area contributed by atoms with E-state index in [1.165, 1.54) is 6.07 Å². The van der Waals surface area contributed by atoms with Crippen LogP contribution in [0.2, 0.25) is 0 Å². The van der Waals surface area contributed by atoms with Gasteiger partial charge < -0.3 is 9.30 Å². The quantitative estimate of drug-likeness (QED) is 0.601. The van der Waals surface area contributed by atoms with E-state index < -0.39 is 0 Å². The molecular weight excluding hydrogens is 295 g/mol. The largest absolute Gasteiger partial charge is 0.466 e. The lowest BCUT2D eigenvalue weighted by Gasteiger charge is -2.10. The lowest BCUT2D eigenvalue weighted by Crippen LogP contribution is -2.08. The summed E-state index contributed by atoms with van der Waals surface area (Å²) in [6, 6.07) is 4.82. The van der Waals surface area contributed by atoms with Gasteiger partial charge in [0.15, 0.2) is 5.82 Å². The lowest BCUT2D eigenvalue weighted by atomic mass is 10.2. The average molecular weight is 313 g/mol. The molecule has 2 aromatic rings. The molecule has 1 aromatic carbocycles. The Balaban J connectivity index is 2.23. The SMILES string of the molecule is CCOC(=O)CCCn1c(C(C)Cl)nc2c(F)cccc21. The van der Waals surface area contributed by atoms with Crippen molar-refractivity contribution in [3.8, 4) is 0 Å². The number of hydrogen-bond acceptors (Lipinski definition) is 3. The molecule has 2 rings (SSSR count). The molecule has 0 aliphatic carbocycles. The smallest absolute Gasteiger partial charge is 0.305 e. The first kappa shape index (κ1) is 15.8. The zero-order chi connectivity index (χ0) is 15.4. The zero-order valence-corrected chi connectivity index (χ0v) is 12.9. The molecule has 0 fully saturated rings. The van der Waals surface area contributed by atoms with Gasteiger partial charge >= 0.3 is 5.97 Å². The van der Waals surface area contributed by atoms with Gasteiger partial charge in [-0.25, -0.2) is 9.37 Å². The van der Waals surface area contributed by atoms with E-state index in [9.17, 15) is 9.18 Å². The van der Waals surface area contributed by atoms with Crippen LogP contribution in [0.3, 0.4) is 0 Å². The highest BCUT2D eigenvalue weighted by atomic mass is 35.5. The van der Waals surface area contributed by atoms with Gasteiger partial charge in [0.2, 0.25) is 0 Å². The molecule has 0 bridgehead atoms. The number of benzene rings is 1. The van der Waals surface area contributed by atoms with Crippen molar-refractivity contribution in [2.45, 2.75) is 38.6 Å². The Morgan fingerprint density at radius 2 is 2.29 bits per heavy atom. The third-order valence-electron chi connectivity index (χ3n) is 3.18. The van der Waals surface area contributed by atoms with E-state index in [2.05, 4.69) is 4.98 Å². The first-order chi connectivity index (χ1) is 10.0. The number of nitrogens with zero attached hydrogens (tertiary/aromatic N) is 2. The van der Waals surface area contributed by atoms with Crippen LogP contribution in [0.1, 0.15) is 37.9 Å². The van der Waals surface area contributed by atoms with Crippen molar-refractivity contribution in [1.82, 2.24) is 9.55 Å². The van der Waals surface area contributed by atoms with Gasteiger partial charge in [0, 0.05) is 13.0 Å². The fraction of sp³-hybridized carbons (Fsp3) is 0.467. The second-order valence-electron chi connectivity index (χ2n) is 4.75. The van der Waals surface area contributed by atoms with E-state index in [4.69, 9.17) is 16.3 Å². The number of halogens is 2. The van der Waals surface area contributed by atoms with Crippen LogP contribution in [0, 0.1) is 5.82 Å². The summed E-state index contributed by atoms with van der Waals surface area (Å²) in [5, 5.41) is -0.334. The van der Waals surface area contributed by atoms with Crippen molar-refractivity contribution in [3.63, 3.8) is 0 Å². The molecule has 21 heavy (non-hydrogen) atoms. The average Bonchev–Trinajstić information content (AvgIpc) is 2.80. The molecule has 0 aliphatic heterocycles. The highest BCUT2D eigenvalue weighted by molar-refractivity contribution is 6.20. The molecule has 0 saturated heterocycles. The molecule has 0 N–H and O–H groups in total. The van der Waals surface area contributed by atoms with E-state index >= 15 is 0 Å². The highest BCUT2D eigenvalue weighted by Crippen LogP contribution is 2.26. The molecule has 1 aromatic heterocycles. The third kappa shape index (κ3) is 3.53. The van der Waals surface area contributed by atoms with Crippen molar-refractivity contribution in [2.24, 2.45) is 0 Å². The van der Waals surface area contributed by atoms with Gasteiger partial charge in [-0.05, 0) is 32.4 Å². The van der Waals surface area contributed by atoms with Crippen molar-refractivity contribution < 1.29 is 13.9 Å². The third-order valence-corrected chi connectivity index (χ3v) is 3.38. The maximum atomic E-state index is 13.8. The minimum absolute atomic E-state index is 0.228. The van der Waals surface area contributed by atoms with Gasteiger partial charge in [0.1, 0.15) is 11.3 Å². The van der Waals surface area contributed by atoms with Crippen LogP contribution >= 0.6 is 11.6 Å². The minimum Gasteiger partial charge on any atom is -0.466 e. The predicted molar refractivity (Wildman–Crippen MR) is 79.8 cm³/mol. The monoisotopic (exact) mass is 312 g/mol. The Labute approximate surface area is 127 Å². The molecule has 1 unspecified atom stereocenters. The Bertz CT molecular complexity index is 640. The van der Waals surface area contributed by atoms with E-state index in [1.807, 2.05) is 4.57 Å². The normalized spacial score (nSPS) is 12.6. The Hall–Kier alpha value is -1.62. The van der Waals surface area contributed by atoms with Crippen molar-refractivity contribution in [2.75, 3.05) is 6.61 Å². The number of ether oxygens (including phenoxy) is 1. The highest BCUT2D eigenvalue weighted by Gasteiger charge is 2.17. The lowest BCUT2D eigenvalue weighted by molar-refractivity contribution is -0.143. The summed E-state index contributed by atoms with van der Waals surface area (Å²) in [5.74, 6) is 0.0180. The van der Waals surface area contributed by atoms with Crippen LogP contribution in [-0.2, 0) is 16.1 Å². The van der Waals surface area contributed by atoms with Gasteiger partial charge in [-0.15, -0.1) is 11.6 Å². The molecule has 0 spiro atoms. The first-order valence-corrected chi connectivity index (χ1v) is 7.42. The van der Waals surface area contributed by atoms with Crippen LogP contribution in [0.25, 0.3) is 11.0 Å². The fourth-order valence-corrected chi connectivity index (χ4v) is 2.45. The van der Waals surface area contributed by atoms with E-state index in [0.717, 1.165) is 0 Å². The number of hydrogen-bond donors (Lipinski definition) is 0. The standard InChI is InChI=1S/C15H18ClFN2O2/c1-3-21-13(20)8-5-9-19-12-7-4-6-11(17)14(12)18-15(19)10(2)16/h4,6-7,10H,3,5,8-9H2,1-2H3. The van der Waals surface area contributed by atoms with Crippen LogP contribution < -0.4 is 0 Å². The molecular formula is C15H18ClFN2O2. The maximum absolute atomic E-state index is 13.8. The number of aryl methyl sites for hydroxylation is 1. The summed E-state index contributed by atoms with van der Waals surface area (Å²) >= 11 is 6.13. The molecule has 6 heteroatoms. The van der Waals surface area contributed by atoms with E-state index in [0.29, 0.717) is 42.9 Å². The van der Waals surface area contributed by atoms with Crippen LogP contribution in [-0.4, -0.2) is 22.1 Å². The van der Waals surface area contributed by atoms with Crippen molar-refractivity contribution >= 4 is 28.6 Å². The van der Waals surface area contributed by atoms with Crippen molar-refractivity contribution in [3.05, 3.63) is 29.8 Å². The van der Waals surface area contributed by atoms with Crippen LogP contribution in [0.5, 0.6) is 0 Å². The summed E-state index contributed by atoms with van der Waals surface area (Å²) in [5.41, 5.74) is 1.01. The Morgan fingerprint density at radius 3 is 2.95 bits per heavy atom. The molecule has 0 aliphatic rings. The molecule has 1 heterocycles. The number of imidazole rings is 1. The second kappa shape index (κ2) is 6.89. The van der Waals surface area contributed by atoms with Crippen molar-refractivity contribution in [1.29, 1.82) is 0 Å². The number of esters is 1. The van der Waals surface area contributed by atoms with Crippen LogP contribution in [0.15, 0.2) is 18.2 Å². The number of carbonyl (C=O) groups is 1. The molecule has 0 saturated carbocycles. The molecule has 4 nitrogen and oxygen atoms in total. The topological polar surface area (TPSA) is 44.1 Å².